The zero-order valence-corrected chi connectivity index (χ0v) is 9.46. The molecule has 1 aliphatic rings. The van der Waals surface area contributed by atoms with Gasteiger partial charge in [0.1, 0.15) is 5.25 Å². The average molecular weight is 222 g/mol. The standard InChI is InChI=1S/C11H14N2OS/c1-2-15-10-8-13(12-11(10)14)9-6-4-3-5-7-9/h3-7,10H,2,8H2,1H3,(H,12,14). The predicted molar refractivity (Wildman–Crippen MR) is 63.9 cm³/mol. The van der Waals surface area contributed by atoms with Crippen molar-refractivity contribution < 1.29 is 4.79 Å². The first-order chi connectivity index (χ1) is 7.31. The Hall–Kier alpha value is -1.16. The highest BCUT2D eigenvalue weighted by Gasteiger charge is 2.30. The second-order valence-corrected chi connectivity index (χ2v) is 4.85. The third-order valence-electron chi connectivity index (χ3n) is 2.32. The van der Waals surface area contributed by atoms with Crippen LogP contribution in [0.3, 0.4) is 0 Å². The molecular weight excluding hydrogens is 208 g/mol. The molecule has 1 aromatic carbocycles. The first-order valence-corrected chi connectivity index (χ1v) is 6.11. The van der Waals surface area contributed by atoms with Crippen molar-refractivity contribution in [3.8, 4) is 0 Å². The molecule has 3 nitrogen and oxygen atoms in total. The summed E-state index contributed by atoms with van der Waals surface area (Å²) in [4.78, 5) is 11.6. The molecule has 1 aromatic rings. The molecule has 2 rings (SSSR count). The second kappa shape index (κ2) is 4.57. The summed E-state index contributed by atoms with van der Waals surface area (Å²) >= 11 is 1.69. The quantitative estimate of drug-likeness (QED) is 0.844. The third-order valence-corrected chi connectivity index (χ3v) is 3.42. The SMILES string of the molecule is CCSC1CN(c2ccccc2)NC1=O. The predicted octanol–water partition coefficient (Wildman–Crippen LogP) is 1.66. The fourth-order valence-corrected chi connectivity index (χ4v) is 2.47. The molecule has 1 aliphatic heterocycles. The van der Waals surface area contributed by atoms with E-state index < -0.39 is 0 Å². The molecule has 0 aliphatic carbocycles. The monoisotopic (exact) mass is 222 g/mol. The van der Waals surface area contributed by atoms with Gasteiger partial charge in [0.2, 0.25) is 0 Å². The van der Waals surface area contributed by atoms with Crippen LogP contribution in [0.2, 0.25) is 0 Å². The van der Waals surface area contributed by atoms with Crippen LogP contribution >= 0.6 is 11.8 Å². The number of amides is 1. The smallest absolute Gasteiger partial charge is 0.253 e. The highest BCUT2D eigenvalue weighted by Crippen LogP contribution is 2.21. The Morgan fingerprint density at radius 1 is 1.47 bits per heavy atom. The minimum absolute atomic E-state index is 0.0650. The molecule has 4 heteroatoms. The van der Waals surface area contributed by atoms with Gasteiger partial charge in [-0.05, 0) is 17.9 Å². The Balaban J connectivity index is 2.06. The fourth-order valence-electron chi connectivity index (χ4n) is 1.61. The summed E-state index contributed by atoms with van der Waals surface area (Å²) in [5, 5.41) is 1.98. The topological polar surface area (TPSA) is 32.3 Å². The summed E-state index contributed by atoms with van der Waals surface area (Å²) in [6.07, 6.45) is 0. The molecule has 1 heterocycles. The van der Waals surface area contributed by atoms with Crippen LogP contribution < -0.4 is 10.4 Å². The maximum Gasteiger partial charge on any atom is 0.253 e. The lowest BCUT2D eigenvalue weighted by atomic mass is 10.3. The first-order valence-electron chi connectivity index (χ1n) is 5.06. The normalized spacial score (nSPS) is 20.5. The van der Waals surface area contributed by atoms with Crippen molar-refractivity contribution in [1.29, 1.82) is 0 Å². The van der Waals surface area contributed by atoms with E-state index in [9.17, 15) is 4.79 Å². The molecule has 15 heavy (non-hydrogen) atoms. The van der Waals surface area contributed by atoms with Gasteiger partial charge in [0.05, 0.1) is 12.2 Å². The van der Waals surface area contributed by atoms with E-state index in [1.807, 2.05) is 35.3 Å². The molecule has 1 fully saturated rings. The molecule has 1 N–H and O–H groups in total. The Labute approximate surface area is 93.8 Å². The van der Waals surface area contributed by atoms with Gasteiger partial charge in [0.15, 0.2) is 0 Å². The number of hydrogen-bond acceptors (Lipinski definition) is 3. The Morgan fingerprint density at radius 2 is 2.20 bits per heavy atom. The van der Waals surface area contributed by atoms with Crippen molar-refractivity contribution in [2.75, 3.05) is 17.3 Å². The number of carbonyl (C=O) groups is 1. The lowest BCUT2D eigenvalue weighted by Crippen LogP contribution is -2.32. The number of anilines is 1. The number of rotatable bonds is 3. The van der Waals surface area contributed by atoms with E-state index >= 15 is 0 Å². The second-order valence-electron chi connectivity index (χ2n) is 3.37. The molecule has 0 bridgehead atoms. The largest absolute Gasteiger partial charge is 0.284 e. The molecule has 0 spiro atoms. The van der Waals surface area contributed by atoms with Crippen LogP contribution in [0.5, 0.6) is 0 Å². The van der Waals surface area contributed by atoms with Crippen LogP contribution in [-0.4, -0.2) is 23.5 Å². The van der Waals surface area contributed by atoms with Gasteiger partial charge in [-0.15, -0.1) is 11.8 Å². The van der Waals surface area contributed by atoms with Gasteiger partial charge in [-0.25, -0.2) is 0 Å². The summed E-state index contributed by atoms with van der Waals surface area (Å²) < 4.78 is 0. The van der Waals surface area contributed by atoms with Crippen LogP contribution in [-0.2, 0) is 4.79 Å². The van der Waals surface area contributed by atoms with Crippen molar-refractivity contribution >= 4 is 23.4 Å². The van der Waals surface area contributed by atoms with Gasteiger partial charge in [-0.1, -0.05) is 25.1 Å². The number of hydrazine groups is 1. The summed E-state index contributed by atoms with van der Waals surface area (Å²) in [6.45, 7) is 2.82. The van der Waals surface area contributed by atoms with E-state index in [1.54, 1.807) is 11.8 Å². The molecule has 1 atom stereocenters. The van der Waals surface area contributed by atoms with Gasteiger partial charge in [0.25, 0.3) is 5.91 Å². The van der Waals surface area contributed by atoms with E-state index in [0.29, 0.717) is 0 Å². The van der Waals surface area contributed by atoms with Crippen LogP contribution in [0.15, 0.2) is 30.3 Å². The summed E-state index contributed by atoms with van der Waals surface area (Å²) in [5.74, 6) is 1.09. The minimum Gasteiger partial charge on any atom is -0.284 e. The Kier molecular flexibility index (Phi) is 3.16. The van der Waals surface area contributed by atoms with Gasteiger partial charge in [0, 0.05) is 0 Å². The van der Waals surface area contributed by atoms with Gasteiger partial charge >= 0.3 is 0 Å². The number of benzene rings is 1. The zero-order valence-electron chi connectivity index (χ0n) is 8.64. The van der Waals surface area contributed by atoms with Crippen molar-refractivity contribution in [2.45, 2.75) is 12.2 Å². The van der Waals surface area contributed by atoms with Gasteiger partial charge < -0.3 is 0 Å². The van der Waals surface area contributed by atoms with Gasteiger partial charge in [-0.2, -0.15) is 0 Å². The highest BCUT2D eigenvalue weighted by atomic mass is 32.2. The van der Waals surface area contributed by atoms with Crippen LogP contribution in [0.4, 0.5) is 5.69 Å². The summed E-state index contributed by atoms with van der Waals surface area (Å²) in [7, 11) is 0. The van der Waals surface area contributed by atoms with Crippen molar-refractivity contribution in [1.82, 2.24) is 5.43 Å². The lowest BCUT2D eigenvalue weighted by molar-refractivity contribution is -0.118. The summed E-state index contributed by atoms with van der Waals surface area (Å²) in [5.41, 5.74) is 3.92. The molecule has 1 amide bonds. The van der Waals surface area contributed by atoms with E-state index in [4.69, 9.17) is 0 Å². The Morgan fingerprint density at radius 3 is 2.87 bits per heavy atom. The molecule has 0 radical (unpaired) electrons. The average Bonchev–Trinajstić information content (AvgIpc) is 2.63. The molecule has 0 saturated carbocycles. The van der Waals surface area contributed by atoms with E-state index in [1.165, 1.54) is 0 Å². The maximum absolute atomic E-state index is 11.6. The molecule has 0 aromatic heterocycles. The number of nitrogens with one attached hydrogen (secondary N) is 1. The number of nitrogens with zero attached hydrogens (tertiary/aromatic N) is 1. The molecular formula is C11H14N2OS. The minimum atomic E-state index is 0.0650. The van der Waals surface area contributed by atoms with Crippen molar-refractivity contribution in [3.05, 3.63) is 30.3 Å². The van der Waals surface area contributed by atoms with E-state index in [-0.39, 0.29) is 11.2 Å². The van der Waals surface area contributed by atoms with Crippen molar-refractivity contribution in [3.63, 3.8) is 0 Å². The number of para-hydroxylation sites is 1. The molecule has 1 unspecified atom stereocenters. The third kappa shape index (κ3) is 2.26. The number of thioether (sulfide) groups is 1. The molecule has 1 saturated heterocycles. The van der Waals surface area contributed by atoms with E-state index in [2.05, 4.69) is 12.3 Å². The molecule has 80 valence electrons. The number of hydrogen-bond donors (Lipinski definition) is 1. The van der Waals surface area contributed by atoms with Crippen LogP contribution in [0.25, 0.3) is 0 Å². The van der Waals surface area contributed by atoms with Crippen LogP contribution in [0.1, 0.15) is 6.92 Å². The van der Waals surface area contributed by atoms with Crippen molar-refractivity contribution in [2.24, 2.45) is 0 Å². The fraction of sp³-hybridized carbons (Fsp3) is 0.364. The van der Waals surface area contributed by atoms with E-state index in [0.717, 1.165) is 18.0 Å². The number of carbonyl (C=O) groups excluding carboxylic acids is 1. The zero-order chi connectivity index (χ0) is 10.7. The highest BCUT2D eigenvalue weighted by molar-refractivity contribution is 8.00. The summed E-state index contributed by atoms with van der Waals surface area (Å²) in [6, 6.07) is 9.92. The lowest BCUT2D eigenvalue weighted by Gasteiger charge is -2.16. The first kappa shape index (κ1) is 10.4. The van der Waals surface area contributed by atoms with Gasteiger partial charge in [-0.3, -0.25) is 15.2 Å². The Bertz CT molecular complexity index is 342. The maximum atomic E-state index is 11.6. The van der Waals surface area contributed by atoms with Crippen LogP contribution in [0, 0.1) is 0 Å².